The van der Waals surface area contributed by atoms with Crippen molar-refractivity contribution in [2.75, 3.05) is 46.4 Å². The van der Waals surface area contributed by atoms with Gasteiger partial charge in [0, 0.05) is 24.7 Å². The van der Waals surface area contributed by atoms with Crippen LogP contribution in [0.1, 0.15) is 38.2 Å². The largest absolute Gasteiger partial charge is 0.497 e. The van der Waals surface area contributed by atoms with Crippen LogP contribution in [0.3, 0.4) is 0 Å². The van der Waals surface area contributed by atoms with E-state index in [9.17, 15) is 18.0 Å². The van der Waals surface area contributed by atoms with Gasteiger partial charge in [-0.1, -0.05) is 25.0 Å². The molecule has 0 aliphatic heterocycles. The first-order chi connectivity index (χ1) is 22.6. The van der Waals surface area contributed by atoms with Gasteiger partial charge in [0.15, 0.2) is 11.5 Å². The maximum absolute atomic E-state index is 14.5. The van der Waals surface area contributed by atoms with Gasteiger partial charge in [0.05, 0.1) is 46.1 Å². The van der Waals surface area contributed by atoms with Gasteiger partial charge in [-0.3, -0.25) is 13.9 Å². The number of hydrogen-bond donors (Lipinski definition) is 1. The number of methoxy groups -OCH3 is 5. The summed E-state index contributed by atoms with van der Waals surface area (Å²) >= 11 is 0. The van der Waals surface area contributed by atoms with Gasteiger partial charge in [-0.05, 0) is 61.7 Å². The average Bonchev–Trinajstić information content (AvgIpc) is 3.61. The van der Waals surface area contributed by atoms with E-state index in [0.717, 1.165) is 35.6 Å². The molecule has 13 heteroatoms. The molecular weight excluding hydrogens is 626 g/mol. The van der Waals surface area contributed by atoms with Gasteiger partial charge in [-0.15, -0.1) is 0 Å². The van der Waals surface area contributed by atoms with E-state index in [-0.39, 0.29) is 40.6 Å². The molecule has 0 bridgehead atoms. The number of ether oxygens (including phenoxy) is 5. The third-order valence-corrected chi connectivity index (χ3v) is 10.0. The van der Waals surface area contributed by atoms with Gasteiger partial charge < -0.3 is 33.9 Å². The molecule has 3 aromatic carbocycles. The zero-order chi connectivity index (χ0) is 34.1. The lowest BCUT2D eigenvalue weighted by atomic mass is 10.1. The molecule has 254 valence electrons. The minimum atomic E-state index is -4.45. The van der Waals surface area contributed by atoms with E-state index in [1.807, 2.05) is 0 Å². The van der Waals surface area contributed by atoms with E-state index in [4.69, 9.17) is 23.7 Å². The molecule has 0 saturated heterocycles. The second kappa shape index (κ2) is 15.8. The molecule has 0 radical (unpaired) electrons. The molecule has 0 heterocycles. The predicted molar refractivity (Wildman–Crippen MR) is 177 cm³/mol. The van der Waals surface area contributed by atoms with Crippen molar-refractivity contribution >= 4 is 27.5 Å². The van der Waals surface area contributed by atoms with E-state index in [1.54, 1.807) is 50.4 Å². The Morgan fingerprint density at radius 3 is 1.98 bits per heavy atom. The second-order valence-electron chi connectivity index (χ2n) is 11.1. The third kappa shape index (κ3) is 8.20. The Morgan fingerprint density at radius 1 is 0.787 bits per heavy atom. The monoisotopic (exact) mass is 669 g/mol. The second-order valence-corrected chi connectivity index (χ2v) is 13.0. The zero-order valence-electron chi connectivity index (χ0n) is 27.6. The maximum Gasteiger partial charge on any atom is 0.265 e. The van der Waals surface area contributed by atoms with Crippen molar-refractivity contribution in [3.8, 4) is 28.7 Å². The molecule has 3 aromatic rings. The lowest BCUT2D eigenvalue weighted by Gasteiger charge is -2.33. The lowest BCUT2D eigenvalue weighted by molar-refractivity contribution is -0.139. The number of carbonyl (C=O) groups is 2. The van der Waals surface area contributed by atoms with Gasteiger partial charge >= 0.3 is 0 Å². The first kappa shape index (κ1) is 35.2. The Hall–Kier alpha value is -4.65. The molecule has 12 nitrogen and oxygen atoms in total. The zero-order valence-corrected chi connectivity index (χ0v) is 28.5. The van der Waals surface area contributed by atoms with Gasteiger partial charge in [0.2, 0.25) is 11.8 Å². The van der Waals surface area contributed by atoms with Crippen LogP contribution < -0.4 is 33.3 Å². The predicted octanol–water partition coefficient (Wildman–Crippen LogP) is 4.40. The van der Waals surface area contributed by atoms with E-state index in [2.05, 4.69) is 5.32 Å². The molecule has 0 aromatic heterocycles. The number of carbonyl (C=O) groups excluding carboxylic acids is 2. The summed E-state index contributed by atoms with van der Waals surface area (Å²) in [5.41, 5.74) is 0.801. The molecule has 1 saturated carbocycles. The van der Waals surface area contributed by atoms with E-state index >= 15 is 0 Å². The molecule has 1 N–H and O–H groups in total. The summed E-state index contributed by atoms with van der Waals surface area (Å²) in [6.07, 6.45) is 3.80. The van der Waals surface area contributed by atoms with Crippen LogP contribution in [0.2, 0.25) is 0 Å². The molecule has 1 unspecified atom stereocenters. The summed E-state index contributed by atoms with van der Waals surface area (Å²) < 4.78 is 56.8. The van der Waals surface area contributed by atoms with Crippen molar-refractivity contribution in [1.29, 1.82) is 0 Å². The topological polar surface area (TPSA) is 133 Å². The van der Waals surface area contributed by atoms with Crippen LogP contribution in [0.4, 0.5) is 5.69 Å². The molecule has 4 rings (SSSR count). The molecule has 0 spiro atoms. The van der Waals surface area contributed by atoms with Gasteiger partial charge in [-0.2, -0.15) is 0 Å². The molecule has 1 atom stereocenters. The highest BCUT2D eigenvalue weighted by atomic mass is 32.2. The standard InChI is InChI=1S/C34H43N3O9S/c1-23(34(39)35-25-9-7-8-10-25)36(21-24-11-13-26(42-2)14-12-24)33(38)22-37(29-19-27(43-3)15-17-30(29)44-4)47(40,41)28-16-18-31(45-5)32(20-28)46-6/h11-20,23,25H,7-10,21-22H2,1-6H3,(H,35,39). The van der Waals surface area contributed by atoms with Crippen molar-refractivity contribution < 1.29 is 41.7 Å². The molecule has 47 heavy (non-hydrogen) atoms. The minimum Gasteiger partial charge on any atom is -0.497 e. The summed E-state index contributed by atoms with van der Waals surface area (Å²) in [5, 5.41) is 3.07. The highest BCUT2D eigenvalue weighted by molar-refractivity contribution is 7.92. The van der Waals surface area contributed by atoms with Gasteiger partial charge in [0.1, 0.15) is 29.8 Å². The Morgan fingerprint density at radius 2 is 1.38 bits per heavy atom. The third-order valence-electron chi connectivity index (χ3n) is 8.26. The Kier molecular flexibility index (Phi) is 11.8. The quantitative estimate of drug-likeness (QED) is 0.250. The van der Waals surface area contributed by atoms with Crippen LogP contribution in [-0.4, -0.2) is 79.3 Å². The minimum absolute atomic E-state index is 0.0332. The summed E-state index contributed by atoms with van der Waals surface area (Å²) in [6.45, 7) is 1.03. The maximum atomic E-state index is 14.5. The van der Waals surface area contributed by atoms with Crippen LogP contribution in [0.25, 0.3) is 0 Å². The first-order valence-electron chi connectivity index (χ1n) is 15.3. The van der Waals surface area contributed by atoms with Crippen LogP contribution in [0.15, 0.2) is 65.6 Å². The number of nitrogens with one attached hydrogen (secondary N) is 1. The molecular formula is C34H43N3O9S. The number of anilines is 1. The van der Waals surface area contributed by atoms with Crippen LogP contribution in [0.5, 0.6) is 28.7 Å². The van der Waals surface area contributed by atoms with Crippen molar-refractivity contribution in [2.45, 2.75) is 56.1 Å². The number of amides is 2. The number of sulfonamides is 1. The fourth-order valence-corrected chi connectivity index (χ4v) is 6.94. The van der Waals surface area contributed by atoms with Crippen molar-refractivity contribution in [3.05, 3.63) is 66.2 Å². The van der Waals surface area contributed by atoms with Crippen LogP contribution in [-0.2, 0) is 26.2 Å². The van der Waals surface area contributed by atoms with Crippen molar-refractivity contribution in [3.63, 3.8) is 0 Å². The summed E-state index contributed by atoms with van der Waals surface area (Å²) in [6, 6.07) is 15.1. The Bertz CT molecular complexity index is 1640. The van der Waals surface area contributed by atoms with Crippen LogP contribution in [0, 0.1) is 0 Å². The number of hydrogen-bond acceptors (Lipinski definition) is 9. The normalized spacial score (nSPS) is 13.7. The number of nitrogens with zero attached hydrogens (tertiary/aromatic N) is 2. The lowest BCUT2D eigenvalue weighted by Crippen LogP contribution is -2.52. The highest BCUT2D eigenvalue weighted by Gasteiger charge is 2.35. The summed E-state index contributed by atoms with van der Waals surface area (Å²) in [4.78, 5) is 29.1. The van der Waals surface area contributed by atoms with Gasteiger partial charge in [0.25, 0.3) is 10.0 Å². The molecule has 1 fully saturated rings. The SMILES string of the molecule is COc1ccc(CN(C(=O)CN(c2cc(OC)ccc2OC)S(=O)(=O)c2ccc(OC)c(OC)c2)C(C)C(=O)NC2CCCC2)cc1. The van der Waals surface area contributed by atoms with Crippen LogP contribution >= 0.6 is 0 Å². The summed E-state index contributed by atoms with van der Waals surface area (Å²) in [5.74, 6) is 0.778. The first-order valence-corrected chi connectivity index (χ1v) is 16.7. The fraction of sp³-hybridized carbons (Fsp3) is 0.412. The van der Waals surface area contributed by atoms with E-state index in [1.165, 1.54) is 57.6 Å². The number of rotatable bonds is 15. The smallest absolute Gasteiger partial charge is 0.265 e. The van der Waals surface area contributed by atoms with Crippen molar-refractivity contribution in [1.82, 2.24) is 10.2 Å². The average molecular weight is 670 g/mol. The molecule has 1 aliphatic rings. The van der Waals surface area contributed by atoms with Gasteiger partial charge in [-0.25, -0.2) is 8.42 Å². The van der Waals surface area contributed by atoms with E-state index < -0.39 is 28.5 Å². The summed E-state index contributed by atoms with van der Waals surface area (Å²) in [7, 11) is 2.80. The van der Waals surface area contributed by atoms with Crippen molar-refractivity contribution in [2.24, 2.45) is 0 Å². The fourth-order valence-electron chi connectivity index (χ4n) is 5.51. The number of benzene rings is 3. The Balaban J connectivity index is 1.79. The highest BCUT2D eigenvalue weighted by Crippen LogP contribution is 2.38. The van der Waals surface area contributed by atoms with E-state index in [0.29, 0.717) is 17.2 Å². The molecule has 1 aliphatic carbocycles. The molecule has 2 amide bonds. The Labute approximate surface area is 276 Å².